The molecule has 9 heteroatoms. The third-order valence-corrected chi connectivity index (χ3v) is 4.45. The highest BCUT2D eigenvalue weighted by atomic mass is 16.5. The van der Waals surface area contributed by atoms with Gasteiger partial charge in [-0.05, 0) is 32.4 Å². The number of aromatic nitrogens is 2. The molecule has 0 radical (unpaired) electrons. The van der Waals surface area contributed by atoms with Gasteiger partial charge < -0.3 is 10.5 Å². The number of nitrogen functional groups attached to an aromatic ring is 1. The third kappa shape index (κ3) is 4.16. The third-order valence-electron chi connectivity index (χ3n) is 4.45. The number of nitrogens with zero attached hydrogens (tertiary/aromatic N) is 2. The second kappa shape index (κ2) is 8.11. The monoisotopic (exact) mass is 352 g/mol. The summed E-state index contributed by atoms with van der Waals surface area (Å²) < 4.78 is 5.94. The molecule has 1 fully saturated rings. The standard InChI is InChI=1S/C16H24N4O5/c1-3-6-20-13(17)12(14(22)18-16(20)24)11(21)9-19-7-4-10(5-8-19)15(23)25-2/h10H,3-9,17H2,1-2H3,(H,18,22,24). The first kappa shape index (κ1) is 18.9. The first-order chi connectivity index (χ1) is 11.9. The highest BCUT2D eigenvalue weighted by Gasteiger charge is 2.28. The fourth-order valence-corrected chi connectivity index (χ4v) is 3.08. The molecular weight excluding hydrogens is 328 g/mol. The molecule has 1 aliphatic heterocycles. The van der Waals surface area contributed by atoms with Crippen molar-refractivity contribution in [2.75, 3.05) is 32.5 Å². The molecule has 1 aliphatic rings. The Morgan fingerprint density at radius 1 is 1.28 bits per heavy atom. The topological polar surface area (TPSA) is 127 Å². The zero-order valence-corrected chi connectivity index (χ0v) is 14.5. The molecule has 1 saturated heterocycles. The molecule has 1 aromatic heterocycles. The molecule has 0 unspecified atom stereocenters. The van der Waals surface area contributed by atoms with Crippen molar-refractivity contribution in [3.63, 3.8) is 0 Å². The summed E-state index contributed by atoms with van der Waals surface area (Å²) in [5.41, 5.74) is 4.35. The summed E-state index contributed by atoms with van der Waals surface area (Å²) >= 11 is 0. The number of ketones is 1. The highest BCUT2D eigenvalue weighted by Crippen LogP contribution is 2.19. The van der Waals surface area contributed by atoms with Crippen molar-refractivity contribution < 1.29 is 14.3 Å². The van der Waals surface area contributed by atoms with Crippen LogP contribution in [0, 0.1) is 5.92 Å². The number of esters is 1. The number of nitrogens with two attached hydrogens (primary N) is 1. The molecule has 2 heterocycles. The average molecular weight is 352 g/mol. The van der Waals surface area contributed by atoms with Gasteiger partial charge in [0.15, 0.2) is 5.78 Å². The van der Waals surface area contributed by atoms with Crippen molar-refractivity contribution in [1.29, 1.82) is 0 Å². The summed E-state index contributed by atoms with van der Waals surface area (Å²) in [5.74, 6) is -0.917. The molecule has 0 amide bonds. The number of anilines is 1. The number of aromatic amines is 1. The van der Waals surface area contributed by atoms with Gasteiger partial charge in [-0.15, -0.1) is 0 Å². The van der Waals surface area contributed by atoms with Gasteiger partial charge in [-0.3, -0.25) is 28.8 Å². The Morgan fingerprint density at radius 3 is 2.48 bits per heavy atom. The summed E-state index contributed by atoms with van der Waals surface area (Å²) in [4.78, 5) is 51.9. The van der Waals surface area contributed by atoms with Crippen LogP contribution in [-0.2, 0) is 16.1 Å². The van der Waals surface area contributed by atoms with Gasteiger partial charge in [0, 0.05) is 6.54 Å². The van der Waals surface area contributed by atoms with Crippen LogP contribution in [0.4, 0.5) is 5.82 Å². The van der Waals surface area contributed by atoms with E-state index >= 15 is 0 Å². The minimum atomic E-state index is -0.760. The fraction of sp³-hybridized carbons (Fsp3) is 0.625. The molecular formula is C16H24N4O5. The first-order valence-electron chi connectivity index (χ1n) is 8.35. The number of ether oxygens (including phenoxy) is 1. The predicted octanol–water partition coefficient (Wildman–Crippen LogP) is -0.403. The predicted molar refractivity (Wildman–Crippen MR) is 91.5 cm³/mol. The normalized spacial score (nSPS) is 15.9. The lowest BCUT2D eigenvalue weighted by atomic mass is 9.96. The number of hydrogen-bond acceptors (Lipinski definition) is 7. The number of hydrogen-bond donors (Lipinski definition) is 2. The number of Topliss-reactive ketones (excluding diaryl/α,β-unsaturated/α-hetero) is 1. The maximum Gasteiger partial charge on any atom is 0.329 e. The van der Waals surface area contributed by atoms with Crippen molar-refractivity contribution in [1.82, 2.24) is 14.5 Å². The molecule has 2 rings (SSSR count). The van der Waals surface area contributed by atoms with E-state index in [0.29, 0.717) is 38.9 Å². The zero-order chi connectivity index (χ0) is 18.6. The summed E-state index contributed by atoms with van der Waals surface area (Å²) in [6.45, 7) is 3.32. The quantitative estimate of drug-likeness (QED) is 0.526. The molecule has 0 aliphatic carbocycles. The number of nitrogens with one attached hydrogen (secondary N) is 1. The number of carbonyl (C=O) groups excluding carboxylic acids is 2. The van der Waals surface area contributed by atoms with Gasteiger partial charge in [0.2, 0.25) is 0 Å². The van der Waals surface area contributed by atoms with Crippen molar-refractivity contribution in [2.24, 2.45) is 5.92 Å². The number of methoxy groups -OCH3 is 1. The van der Waals surface area contributed by atoms with Gasteiger partial charge in [0.05, 0.1) is 19.6 Å². The zero-order valence-electron chi connectivity index (χ0n) is 14.5. The molecule has 0 saturated carbocycles. The summed E-state index contributed by atoms with van der Waals surface area (Å²) in [7, 11) is 1.36. The lowest BCUT2D eigenvalue weighted by molar-refractivity contribution is -0.146. The second-order valence-corrected chi connectivity index (χ2v) is 6.17. The van der Waals surface area contributed by atoms with Crippen molar-refractivity contribution in [2.45, 2.75) is 32.7 Å². The summed E-state index contributed by atoms with van der Waals surface area (Å²) in [6, 6.07) is 0. The van der Waals surface area contributed by atoms with Crippen LogP contribution < -0.4 is 17.0 Å². The molecule has 138 valence electrons. The first-order valence-corrected chi connectivity index (χ1v) is 8.35. The molecule has 0 aromatic carbocycles. The van der Waals surface area contributed by atoms with Crippen LogP contribution in [0.15, 0.2) is 9.59 Å². The van der Waals surface area contributed by atoms with E-state index < -0.39 is 17.0 Å². The molecule has 25 heavy (non-hydrogen) atoms. The van der Waals surface area contributed by atoms with Crippen molar-refractivity contribution >= 4 is 17.6 Å². The maximum absolute atomic E-state index is 12.5. The Bertz CT molecular complexity index is 759. The highest BCUT2D eigenvalue weighted by molar-refractivity contribution is 6.01. The molecule has 0 bridgehead atoms. The van der Waals surface area contributed by atoms with E-state index in [1.54, 1.807) is 0 Å². The van der Waals surface area contributed by atoms with Crippen LogP contribution >= 0.6 is 0 Å². The van der Waals surface area contributed by atoms with E-state index in [0.717, 1.165) is 0 Å². The van der Waals surface area contributed by atoms with Gasteiger partial charge in [0.1, 0.15) is 11.4 Å². The van der Waals surface area contributed by atoms with Crippen molar-refractivity contribution in [3.8, 4) is 0 Å². The van der Waals surface area contributed by atoms with E-state index in [1.165, 1.54) is 11.7 Å². The van der Waals surface area contributed by atoms with E-state index in [4.69, 9.17) is 10.5 Å². The molecule has 3 N–H and O–H groups in total. The van der Waals surface area contributed by atoms with Crippen LogP contribution in [0.5, 0.6) is 0 Å². The van der Waals surface area contributed by atoms with E-state index in [2.05, 4.69) is 4.98 Å². The largest absolute Gasteiger partial charge is 0.469 e. The van der Waals surface area contributed by atoms with Crippen LogP contribution in [0.25, 0.3) is 0 Å². The second-order valence-electron chi connectivity index (χ2n) is 6.17. The molecule has 9 nitrogen and oxygen atoms in total. The number of H-pyrrole nitrogens is 1. The lowest BCUT2D eigenvalue weighted by Crippen LogP contribution is -2.42. The van der Waals surface area contributed by atoms with E-state index in [-0.39, 0.29) is 29.8 Å². The van der Waals surface area contributed by atoms with Crippen LogP contribution in [0.1, 0.15) is 36.5 Å². The Labute approximate surface area is 144 Å². The van der Waals surface area contributed by atoms with Gasteiger partial charge in [-0.2, -0.15) is 0 Å². The summed E-state index contributed by atoms with van der Waals surface area (Å²) in [5, 5.41) is 0. The molecule has 0 atom stereocenters. The Balaban J connectivity index is 2.12. The fourth-order valence-electron chi connectivity index (χ4n) is 3.08. The number of piperidine rings is 1. The number of rotatable bonds is 6. The van der Waals surface area contributed by atoms with Crippen LogP contribution in [-0.4, -0.2) is 52.9 Å². The smallest absolute Gasteiger partial charge is 0.329 e. The summed E-state index contributed by atoms with van der Waals surface area (Å²) in [6.07, 6.45) is 1.84. The minimum absolute atomic E-state index is 0.0193. The van der Waals surface area contributed by atoms with E-state index in [1.807, 2.05) is 11.8 Å². The minimum Gasteiger partial charge on any atom is -0.469 e. The molecule has 0 spiro atoms. The Morgan fingerprint density at radius 2 is 1.92 bits per heavy atom. The van der Waals surface area contributed by atoms with Crippen molar-refractivity contribution in [3.05, 3.63) is 26.4 Å². The van der Waals surface area contributed by atoms with Gasteiger partial charge in [-0.25, -0.2) is 4.79 Å². The van der Waals surface area contributed by atoms with E-state index in [9.17, 15) is 19.2 Å². The Kier molecular flexibility index (Phi) is 6.13. The van der Waals surface area contributed by atoms with Gasteiger partial charge >= 0.3 is 11.7 Å². The van der Waals surface area contributed by atoms with Gasteiger partial charge in [0.25, 0.3) is 5.56 Å². The molecule has 1 aromatic rings. The van der Waals surface area contributed by atoms with Crippen LogP contribution in [0.2, 0.25) is 0 Å². The SMILES string of the molecule is CCCn1c(N)c(C(=O)CN2CCC(C(=O)OC)CC2)c(=O)[nH]c1=O. The Hall–Kier alpha value is -2.42. The van der Waals surface area contributed by atoms with Crippen LogP contribution in [0.3, 0.4) is 0 Å². The number of carbonyl (C=O) groups is 2. The van der Waals surface area contributed by atoms with Gasteiger partial charge in [-0.1, -0.05) is 6.92 Å². The lowest BCUT2D eigenvalue weighted by Gasteiger charge is -2.30. The number of likely N-dealkylation sites (tertiary alicyclic amines) is 1. The average Bonchev–Trinajstić information content (AvgIpc) is 2.58. The maximum atomic E-state index is 12.5.